The minimum atomic E-state index is -0.139. The molecule has 0 saturated carbocycles. The Morgan fingerprint density at radius 3 is 1.17 bits per heavy atom. The summed E-state index contributed by atoms with van der Waals surface area (Å²) in [6.07, 6.45) is 0. The van der Waals surface area contributed by atoms with Gasteiger partial charge in [0.15, 0.2) is 0 Å². The van der Waals surface area contributed by atoms with Gasteiger partial charge < -0.3 is 0 Å². The van der Waals surface area contributed by atoms with Crippen molar-refractivity contribution in [2.75, 3.05) is 0 Å². The summed E-state index contributed by atoms with van der Waals surface area (Å²) in [5.41, 5.74) is 0. The van der Waals surface area contributed by atoms with E-state index in [2.05, 4.69) is 26.3 Å². The van der Waals surface area contributed by atoms with Crippen molar-refractivity contribution in [1.82, 2.24) is 0 Å². The van der Waals surface area contributed by atoms with Gasteiger partial charge in [0, 0.05) is 8.80 Å². The number of hydrogen-bond donors (Lipinski definition) is 0. The second-order valence-corrected chi connectivity index (χ2v) is 5.20. The average Bonchev–Trinajstić information content (AvgIpc) is 1.41. The van der Waals surface area contributed by atoms with Gasteiger partial charge in [-0.1, -0.05) is 19.6 Å². The topological polar surface area (TPSA) is 19.9 Å². The molecule has 0 spiro atoms. The van der Waals surface area contributed by atoms with Crippen molar-refractivity contribution in [2.24, 2.45) is 0 Å². The molecule has 0 N–H and O–H groups in total. The molecule has 0 bridgehead atoms. The molecule has 0 radical (unpaired) electrons. The Balaban J connectivity index is 0. The van der Waals surface area contributed by atoms with Crippen molar-refractivity contribution >= 4 is 8.80 Å². The Hall–Kier alpha value is -0.0431. The Morgan fingerprint density at radius 1 is 1.17 bits per heavy atom. The standard InChI is InChI=1S/C3H10Si.CO/c1-4(2)3;1-2/h4H,1-3H3;. The third-order valence-electron chi connectivity index (χ3n) is 0. The molecule has 6 heavy (non-hydrogen) atoms. The molecule has 0 heterocycles. The molecule has 1 nitrogen and oxygen atoms in total. The molecule has 36 valence electrons. The van der Waals surface area contributed by atoms with E-state index in [0.717, 1.165) is 0 Å². The third kappa shape index (κ3) is 18600. The molecule has 0 aromatic rings. The first-order valence-electron chi connectivity index (χ1n) is 1.94. The summed E-state index contributed by atoms with van der Waals surface area (Å²) in [5, 5.41) is 0. The van der Waals surface area contributed by atoms with Crippen molar-refractivity contribution in [1.29, 1.82) is 0 Å². The van der Waals surface area contributed by atoms with Gasteiger partial charge in [0.05, 0.1) is 0 Å². The van der Waals surface area contributed by atoms with Gasteiger partial charge >= 0.3 is 11.3 Å². The van der Waals surface area contributed by atoms with Crippen molar-refractivity contribution in [2.45, 2.75) is 19.6 Å². The van der Waals surface area contributed by atoms with Gasteiger partial charge in [0.1, 0.15) is 0 Å². The zero-order chi connectivity index (χ0) is 5.58. The molecule has 0 fully saturated rings. The molecular weight excluding hydrogens is 92.1 g/mol. The molecule has 2 heteroatoms. The van der Waals surface area contributed by atoms with Crippen LogP contribution in [-0.2, 0) is 4.65 Å². The second kappa shape index (κ2) is 8.88. The molecule has 0 aliphatic rings. The van der Waals surface area contributed by atoms with Crippen molar-refractivity contribution in [3.05, 3.63) is 6.65 Å². The first kappa shape index (κ1) is 9.35. The van der Waals surface area contributed by atoms with Gasteiger partial charge in [-0.15, -0.1) is 0 Å². The Bertz CT molecular complexity index is 29.0. The summed E-state index contributed by atoms with van der Waals surface area (Å²) in [6, 6.07) is 0. The van der Waals surface area contributed by atoms with E-state index in [1.165, 1.54) is 0 Å². The van der Waals surface area contributed by atoms with Gasteiger partial charge in [0.2, 0.25) is 0 Å². The summed E-state index contributed by atoms with van der Waals surface area (Å²) in [7, 11) is -0.139. The summed E-state index contributed by atoms with van der Waals surface area (Å²) in [6.45, 7) is 11.4. The van der Waals surface area contributed by atoms with Crippen LogP contribution in [-0.4, -0.2) is 8.80 Å². The van der Waals surface area contributed by atoms with Crippen LogP contribution in [0, 0.1) is 6.65 Å². The summed E-state index contributed by atoms with van der Waals surface area (Å²) >= 11 is 0. The van der Waals surface area contributed by atoms with E-state index >= 15 is 0 Å². The maximum atomic E-state index is 7.50. The van der Waals surface area contributed by atoms with Gasteiger partial charge in [-0.25, -0.2) is 0 Å². The average molecular weight is 102 g/mol. The maximum absolute atomic E-state index is 7.50. The van der Waals surface area contributed by atoms with Crippen molar-refractivity contribution in [3.8, 4) is 0 Å². The van der Waals surface area contributed by atoms with Gasteiger partial charge in [-0.05, 0) is 0 Å². The fourth-order valence-electron chi connectivity index (χ4n) is 0. The zero-order valence-corrected chi connectivity index (χ0v) is 5.64. The van der Waals surface area contributed by atoms with Crippen LogP contribution in [0.1, 0.15) is 0 Å². The van der Waals surface area contributed by atoms with Crippen molar-refractivity contribution in [3.63, 3.8) is 0 Å². The van der Waals surface area contributed by atoms with E-state index in [1.54, 1.807) is 0 Å². The van der Waals surface area contributed by atoms with Crippen LogP contribution in [0.15, 0.2) is 0 Å². The van der Waals surface area contributed by atoms with Gasteiger partial charge in [-0.2, -0.15) is 0 Å². The van der Waals surface area contributed by atoms with Crippen LogP contribution in [0.2, 0.25) is 19.6 Å². The van der Waals surface area contributed by atoms with E-state index in [1.807, 2.05) is 0 Å². The Morgan fingerprint density at radius 2 is 1.17 bits per heavy atom. The van der Waals surface area contributed by atoms with Crippen LogP contribution in [0.4, 0.5) is 0 Å². The van der Waals surface area contributed by atoms with E-state index in [-0.39, 0.29) is 8.80 Å². The van der Waals surface area contributed by atoms with E-state index in [9.17, 15) is 0 Å². The fraction of sp³-hybridized carbons (Fsp3) is 0.750. The molecular formula is C4H10OSi. The summed E-state index contributed by atoms with van der Waals surface area (Å²) < 4.78 is 7.50. The molecule has 0 saturated heterocycles. The zero-order valence-electron chi connectivity index (χ0n) is 4.49. The monoisotopic (exact) mass is 102 g/mol. The third-order valence-corrected chi connectivity index (χ3v) is 0. The van der Waals surface area contributed by atoms with Crippen molar-refractivity contribution < 1.29 is 4.65 Å². The first-order chi connectivity index (χ1) is 2.73. The normalized spacial score (nSPS) is 6.33. The molecule has 0 unspecified atom stereocenters. The molecule has 0 aliphatic heterocycles. The molecule has 0 aliphatic carbocycles. The van der Waals surface area contributed by atoms with Gasteiger partial charge in [-0.3, -0.25) is 0 Å². The predicted molar refractivity (Wildman–Crippen MR) is 28.7 cm³/mol. The molecule has 0 amide bonds. The fourth-order valence-corrected chi connectivity index (χ4v) is 0. The van der Waals surface area contributed by atoms with Crippen LogP contribution >= 0.6 is 0 Å². The molecule has 0 atom stereocenters. The molecule has 0 rings (SSSR count). The summed E-state index contributed by atoms with van der Waals surface area (Å²) in [5.74, 6) is 0. The Kier molecular flexibility index (Phi) is 13.8. The van der Waals surface area contributed by atoms with Crippen LogP contribution < -0.4 is 0 Å². The first-order valence-corrected chi connectivity index (χ1v) is 5.40. The summed E-state index contributed by atoms with van der Waals surface area (Å²) in [4.78, 5) is 0. The molecule has 0 aromatic heterocycles. The van der Waals surface area contributed by atoms with Crippen LogP contribution in [0.3, 0.4) is 0 Å². The van der Waals surface area contributed by atoms with E-state index in [4.69, 9.17) is 4.65 Å². The van der Waals surface area contributed by atoms with E-state index in [0.29, 0.717) is 0 Å². The molecule has 0 aromatic carbocycles. The van der Waals surface area contributed by atoms with E-state index < -0.39 is 0 Å². The number of hydrogen-bond acceptors (Lipinski definition) is 0. The SMILES string of the molecule is C[SiH](C)C.[C-]#[O+]. The quantitative estimate of drug-likeness (QED) is 0.248. The second-order valence-electron chi connectivity index (χ2n) is 1.73. The van der Waals surface area contributed by atoms with Crippen LogP contribution in [0.5, 0.6) is 0 Å². The number of rotatable bonds is 0. The van der Waals surface area contributed by atoms with Crippen LogP contribution in [0.25, 0.3) is 0 Å². The van der Waals surface area contributed by atoms with Gasteiger partial charge in [0.25, 0.3) is 0 Å². The Labute approximate surface area is 40.7 Å². The predicted octanol–water partition coefficient (Wildman–Crippen LogP) is 1.07. The minimum absolute atomic E-state index is 0.139.